The molecule has 3 N–H and O–H groups in total. The Bertz CT molecular complexity index is 621. The molecule has 26 heavy (non-hydrogen) atoms. The highest BCUT2D eigenvalue weighted by molar-refractivity contribution is 5.91. The molecule has 0 fully saturated rings. The number of alkyl carbamates (subject to hydrolysis) is 1. The molecule has 0 saturated heterocycles. The van der Waals surface area contributed by atoms with Crippen molar-refractivity contribution in [1.29, 1.82) is 0 Å². The highest BCUT2D eigenvalue weighted by Gasteiger charge is 2.15. The van der Waals surface area contributed by atoms with Crippen molar-refractivity contribution in [2.45, 2.75) is 33.3 Å². The Labute approximate surface area is 155 Å². The maximum Gasteiger partial charge on any atom is 0.407 e. The van der Waals surface area contributed by atoms with Crippen molar-refractivity contribution < 1.29 is 14.3 Å². The van der Waals surface area contributed by atoms with Crippen LogP contribution >= 0.6 is 0 Å². The smallest absolute Gasteiger partial charge is 0.407 e. The maximum absolute atomic E-state index is 11.8. The number of hydrogen-bond donors (Lipinski definition) is 3. The number of nitrogens with one attached hydrogen (secondary N) is 3. The summed E-state index contributed by atoms with van der Waals surface area (Å²) in [6.07, 6.45) is -0.462. The van der Waals surface area contributed by atoms with Crippen LogP contribution < -0.4 is 20.9 Å². The Morgan fingerprint density at radius 1 is 1.12 bits per heavy atom. The first-order valence-corrected chi connectivity index (χ1v) is 8.61. The third kappa shape index (κ3) is 7.92. The van der Waals surface area contributed by atoms with E-state index >= 15 is 0 Å². The van der Waals surface area contributed by atoms with Crippen molar-refractivity contribution in [2.75, 3.05) is 36.9 Å². The van der Waals surface area contributed by atoms with Crippen LogP contribution in [0, 0.1) is 0 Å². The number of hydrogen-bond acceptors (Lipinski definition) is 4. The van der Waals surface area contributed by atoms with Gasteiger partial charge in [0.25, 0.3) is 0 Å². The number of rotatable bonds is 7. The molecule has 1 aromatic rings. The number of nitrogens with zero attached hydrogens (tertiary/aromatic N) is 1. The van der Waals surface area contributed by atoms with Gasteiger partial charge in [0.15, 0.2) is 0 Å². The minimum atomic E-state index is -0.521. The van der Waals surface area contributed by atoms with E-state index in [4.69, 9.17) is 4.74 Å². The third-order valence-electron chi connectivity index (χ3n) is 3.31. The van der Waals surface area contributed by atoms with Gasteiger partial charge in [-0.25, -0.2) is 9.59 Å². The number of amides is 3. The minimum Gasteiger partial charge on any atom is -0.444 e. The lowest BCUT2D eigenvalue weighted by molar-refractivity contribution is 0.0532. The Kier molecular flexibility index (Phi) is 7.96. The predicted octanol–water partition coefficient (Wildman–Crippen LogP) is 3.35. The summed E-state index contributed by atoms with van der Waals surface area (Å²) in [5, 5.41) is 8.65. The zero-order valence-electron chi connectivity index (χ0n) is 16.3. The lowest BCUT2D eigenvalue weighted by Crippen LogP contribution is -2.37. The summed E-state index contributed by atoms with van der Waals surface area (Å²) < 4.78 is 5.17. The summed E-state index contributed by atoms with van der Waals surface area (Å²) in [6, 6.07) is 7.35. The molecule has 3 amide bonds. The van der Waals surface area contributed by atoms with E-state index in [0.717, 1.165) is 16.9 Å². The van der Waals surface area contributed by atoms with E-state index in [1.807, 2.05) is 52.0 Å². The first-order chi connectivity index (χ1) is 12.1. The van der Waals surface area contributed by atoms with Crippen LogP contribution in [0.25, 0.3) is 0 Å². The van der Waals surface area contributed by atoms with Crippen LogP contribution in [0.3, 0.4) is 0 Å². The first kappa shape index (κ1) is 21.3. The first-order valence-electron chi connectivity index (χ1n) is 8.61. The highest BCUT2D eigenvalue weighted by atomic mass is 16.6. The van der Waals surface area contributed by atoms with Crippen molar-refractivity contribution in [2.24, 2.45) is 0 Å². The van der Waals surface area contributed by atoms with Crippen LogP contribution in [-0.4, -0.2) is 44.4 Å². The molecule has 1 rings (SSSR count). The van der Waals surface area contributed by atoms with Gasteiger partial charge in [0.1, 0.15) is 5.60 Å². The molecule has 0 radical (unpaired) electrons. The number of benzene rings is 1. The van der Waals surface area contributed by atoms with E-state index in [1.54, 1.807) is 11.9 Å². The average Bonchev–Trinajstić information content (AvgIpc) is 2.56. The number of ether oxygens (including phenoxy) is 1. The molecule has 0 heterocycles. The van der Waals surface area contributed by atoms with Crippen LogP contribution in [0.2, 0.25) is 0 Å². The van der Waals surface area contributed by atoms with Crippen molar-refractivity contribution in [1.82, 2.24) is 10.6 Å². The van der Waals surface area contributed by atoms with Gasteiger partial charge in [-0.1, -0.05) is 6.58 Å². The van der Waals surface area contributed by atoms with Gasteiger partial charge < -0.3 is 20.7 Å². The Balaban J connectivity index is 2.42. The lowest BCUT2D eigenvalue weighted by Gasteiger charge is -2.20. The second-order valence-electron chi connectivity index (χ2n) is 6.90. The molecule has 0 aromatic heterocycles. The van der Waals surface area contributed by atoms with Gasteiger partial charge in [0, 0.05) is 38.1 Å². The van der Waals surface area contributed by atoms with E-state index < -0.39 is 11.7 Å². The molecule has 0 saturated carbocycles. The Morgan fingerprint density at radius 2 is 1.73 bits per heavy atom. The molecule has 7 heteroatoms. The van der Waals surface area contributed by atoms with Crippen molar-refractivity contribution >= 4 is 23.5 Å². The molecule has 0 atom stereocenters. The van der Waals surface area contributed by atoms with Gasteiger partial charge in [-0.3, -0.25) is 4.90 Å². The SMILES string of the molecule is C=C(CNC(=O)OC(C)(C)C)CNc1ccc(N(C)C(=O)NCC)cc1. The van der Waals surface area contributed by atoms with Crippen molar-refractivity contribution in [3.63, 3.8) is 0 Å². The summed E-state index contributed by atoms with van der Waals surface area (Å²) >= 11 is 0. The largest absolute Gasteiger partial charge is 0.444 e. The maximum atomic E-state index is 11.8. The van der Waals surface area contributed by atoms with Gasteiger partial charge in [-0.05, 0) is 57.5 Å². The minimum absolute atomic E-state index is 0.144. The average molecular weight is 362 g/mol. The molecule has 1 aromatic carbocycles. The normalized spacial score (nSPS) is 10.7. The molecule has 0 aliphatic rings. The second kappa shape index (κ2) is 9.70. The van der Waals surface area contributed by atoms with Crippen molar-refractivity contribution in [3.05, 3.63) is 36.4 Å². The van der Waals surface area contributed by atoms with Crippen LogP contribution in [0.1, 0.15) is 27.7 Å². The van der Waals surface area contributed by atoms with Crippen LogP contribution in [0.15, 0.2) is 36.4 Å². The summed E-state index contributed by atoms with van der Waals surface area (Å²) in [4.78, 5) is 25.0. The molecule has 0 aliphatic carbocycles. The van der Waals surface area contributed by atoms with Gasteiger partial charge in [-0.2, -0.15) is 0 Å². The van der Waals surface area contributed by atoms with Crippen LogP contribution in [0.5, 0.6) is 0 Å². The number of carbonyl (C=O) groups excluding carboxylic acids is 2. The molecule has 144 valence electrons. The van der Waals surface area contributed by atoms with E-state index in [2.05, 4.69) is 22.5 Å². The monoisotopic (exact) mass is 362 g/mol. The Hall–Kier alpha value is -2.70. The van der Waals surface area contributed by atoms with Gasteiger partial charge in [0.2, 0.25) is 0 Å². The quantitative estimate of drug-likeness (QED) is 0.650. The summed E-state index contributed by atoms with van der Waals surface area (Å²) in [5.41, 5.74) is 2.00. The van der Waals surface area contributed by atoms with E-state index in [-0.39, 0.29) is 6.03 Å². The number of carbonyl (C=O) groups is 2. The van der Waals surface area contributed by atoms with Gasteiger partial charge in [-0.15, -0.1) is 0 Å². The highest BCUT2D eigenvalue weighted by Crippen LogP contribution is 2.17. The predicted molar refractivity (Wildman–Crippen MR) is 106 cm³/mol. The molecule has 0 unspecified atom stereocenters. The standard InChI is InChI=1S/C19H30N4O3/c1-7-20-17(24)23(6)16-10-8-15(9-11-16)21-12-14(2)13-22-18(25)26-19(3,4)5/h8-11,21H,2,7,12-13H2,1,3-6H3,(H,20,24)(H,22,25). The van der Waals surface area contributed by atoms with Gasteiger partial charge in [0.05, 0.1) is 0 Å². The third-order valence-corrected chi connectivity index (χ3v) is 3.31. The van der Waals surface area contributed by atoms with Crippen LogP contribution in [-0.2, 0) is 4.74 Å². The fourth-order valence-electron chi connectivity index (χ4n) is 1.99. The fraction of sp³-hybridized carbons (Fsp3) is 0.474. The fourth-order valence-corrected chi connectivity index (χ4v) is 1.99. The molecule has 0 bridgehead atoms. The van der Waals surface area contributed by atoms with E-state index in [0.29, 0.717) is 19.6 Å². The lowest BCUT2D eigenvalue weighted by atomic mass is 10.2. The van der Waals surface area contributed by atoms with Gasteiger partial charge >= 0.3 is 12.1 Å². The molecular formula is C19H30N4O3. The molecule has 0 aliphatic heterocycles. The van der Waals surface area contributed by atoms with Crippen molar-refractivity contribution in [3.8, 4) is 0 Å². The molecule has 0 spiro atoms. The van der Waals surface area contributed by atoms with E-state index in [9.17, 15) is 9.59 Å². The van der Waals surface area contributed by atoms with Crippen LogP contribution in [0.4, 0.5) is 21.0 Å². The summed E-state index contributed by atoms with van der Waals surface area (Å²) in [6.45, 7) is 12.7. The Morgan fingerprint density at radius 3 is 2.27 bits per heavy atom. The van der Waals surface area contributed by atoms with E-state index in [1.165, 1.54) is 0 Å². The number of urea groups is 1. The summed E-state index contributed by atoms with van der Waals surface area (Å²) in [5.74, 6) is 0. The second-order valence-corrected chi connectivity index (χ2v) is 6.90. The number of anilines is 2. The molecular weight excluding hydrogens is 332 g/mol. The molecule has 7 nitrogen and oxygen atoms in total. The summed E-state index contributed by atoms with van der Waals surface area (Å²) in [7, 11) is 1.72. The topological polar surface area (TPSA) is 82.7 Å². The zero-order valence-corrected chi connectivity index (χ0v) is 16.3. The zero-order chi connectivity index (χ0) is 19.7.